The molecule has 0 radical (unpaired) electrons. The molecule has 0 aromatic heterocycles. The molecule has 23 heavy (non-hydrogen) atoms. The number of aliphatic carboxylic acids is 1. The van der Waals surface area contributed by atoms with Crippen LogP contribution in [0.3, 0.4) is 0 Å². The summed E-state index contributed by atoms with van der Waals surface area (Å²) in [5.41, 5.74) is 2.25. The SMILES string of the molecule is Cc1cc(CC(C)(Cc2ccc(O)c(C)c2)C(=O)O)ccc1O. The number of benzene rings is 2. The van der Waals surface area contributed by atoms with E-state index in [1.807, 2.05) is 12.1 Å². The smallest absolute Gasteiger partial charge is 0.310 e. The molecule has 0 fully saturated rings. The third kappa shape index (κ3) is 3.83. The second-order valence-corrected chi connectivity index (χ2v) is 6.46. The lowest BCUT2D eigenvalue weighted by Crippen LogP contribution is -2.32. The zero-order valence-corrected chi connectivity index (χ0v) is 13.6. The Balaban J connectivity index is 2.29. The molecule has 0 atom stereocenters. The number of hydrogen-bond donors (Lipinski definition) is 3. The fourth-order valence-electron chi connectivity index (χ4n) is 2.77. The molecule has 0 aliphatic heterocycles. The molecule has 2 aromatic carbocycles. The summed E-state index contributed by atoms with van der Waals surface area (Å²) in [5.74, 6) is -0.450. The van der Waals surface area contributed by atoms with E-state index in [1.165, 1.54) is 0 Å². The van der Waals surface area contributed by atoms with Crippen LogP contribution < -0.4 is 0 Å². The van der Waals surface area contributed by atoms with Crippen LogP contribution in [0.25, 0.3) is 0 Å². The summed E-state index contributed by atoms with van der Waals surface area (Å²) in [7, 11) is 0. The maximum Gasteiger partial charge on any atom is 0.310 e. The minimum atomic E-state index is -0.965. The van der Waals surface area contributed by atoms with Crippen LogP contribution in [0.5, 0.6) is 11.5 Å². The van der Waals surface area contributed by atoms with Gasteiger partial charge in [0.1, 0.15) is 11.5 Å². The summed E-state index contributed by atoms with van der Waals surface area (Å²) in [4.78, 5) is 11.8. The summed E-state index contributed by atoms with van der Waals surface area (Å²) in [6, 6.07) is 10.3. The molecule has 0 aliphatic carbocycles. The van der Waals surface area contributed by atoms with Crippen molar-refractivity contribution < 1.29 is 20.1 Å². The molecule has 4 heteroatoms. The second kappa shape index (κ2) is 6.32. The van der Waals surface area contributed by atoms with Gasteiger partial charge in [-0.2, -0.15) is 0 Å². The first-order valence-corrected chi connectivity index (χ1v) is 7.52. The van der Waals surface area contributed by atoms with E-state index in [2.05, 4.69) is 0 Å². The van der Waals surface area contributed by atoms with Gasteiger partial charge >= 0.3 is 5.97 Å². The zero-order valence-electron chi connectivity index (χ0n) is 13.6. The second-order valence-electron chi connectivity index (χ2n) is 6.46. The first-order chi connectivity index (χ1) is 10.7. The van der Waals surface area contributed by atoms with Gasteiger partial charge in [-0.3, -0.25) is 4.79 Å². The molecule has 2 aromatic rings. The van der Waals surface area contributed by atoms with E-state index >= 15 is 0 Å². The van der Waals surface area contributed by atoms with Gasteiger partial charge in [0.15, 0.2) is 0 Å². The van der Waals surface area contributed by atoms with E-state index in [4.69, 9.17) is 0 Å². The van der Waals surface area contributed by atoms with Gasteiger partial charge in [-0.05, 0) is 68.0 Å². The monoisotopic (exact) mass is 314 g/mol. The molecule has 0 bridgehead atoms. The Morgan fingerprint density at radius 1 is 0.913 bits per heavy atom. The Bertz CT molecular complexity index is 681. The summed E-state index contributed by atoms with van der Waals surface area (Å²) in [6.45, 7) is 5.31. The van der Waals surface area contributed by atoms with Crippen molar-refractivity contribution in [1.82, 2.24) is 0 Å². The van der Waals surface area contributed by atoms with E-state index in [0.29, 0.717) is 12.8 Å². The number of carboxylic acid groups (broad SMARTS) is 1. The Hall–Kier alpha value is -2.49. The van der Waals surface area contributed by atoms with E-state index in [1.54, 1.807) is 45.0 Å². The highest BCUT2D eigenvalue weighted by Gasteiger charge is 2.33. The van der Waals surface area contributed by atoms with E-state index in [-0.39, 0.29) is 11.5 Å². The summed E-state index contributed by atoms with van der Waals surface area (Å²) in [5, 5.41) is 28.9. The van der Waals surface area contributed by atoms with Gasteiger partial charge in [-0.25, -0.2) is 0 Å². The lowest BCUT2D eigenvalue weighted by atomic mass is 9.78. The van der Waals surface area contributed by atoms with E-state index < -0.39 is 11.4 Å². The first-order valence-electron chi connectivity index (χ1n) is 7.52. The topological polar surface area (TPSA) is 77.8 Å². The van der Waals surface area contributed by atoms with Crippen molar-refractivity contribution >= 4 is 5.97 Å². The van der Waals surface area contributed by atoms with Crippen LogP contribution in [0.2, 0.25) is 0 Å². The molecule has 0 unspecified atom stereocenters. The summed E-state index contributed by atoms with van der Waals surface area (Å²) >= 11 is 0. The highest BCUT2D eigenvalue weighted by atomic mass is 16.4. The maximum absolute atomic E-state index is 11.8. The number of rotatable bonds is 5. The third-order valence-corrected chi connectivity index (χ3v) is 4.23. The summed E-state index contributed by atoms with van der Waals surface area (Å²) < 4.78 is 0. The lowest BCUT2D eigenvalue weighted by molar-refractivity contribution is -0.147. The lowest BCUT2D eigenvalue weighted by Gasteiger charge is -2.25. The van der Waals surface area contributed by atoms with Crippen molar-refractivity contribution in [2.75, 3.05) is 0 Å². The maximum atomic E-state index is 11.8. The minimum absolute atomic E-state index is 0.208. The van der Waals surface area contributed by atoms with Gasteiger partial charge in [0.05, 0.1) is 5.41 Å². The standard InChI is InChI=1S/C19H22O4/c1-12-8-14(4-6-16(12)20)10-19(3,18(22)23)11-15-5-7-17(21)13(2)9-15/h4-9,20-21H,10-11H2,1-3H3,(H,22,23). The Kier molecular flexibility index (Phi) is 4.64. The molecule has 0 spiro atoms. The Morgan fingerprint density at radius 3 is 1.61 bits per heavy atom. The molecular weight excluding hydrogens is 292 g/mol. The number of aryl methyl sites for hydroxylation is 2. The molecule has 122 valence electrons. The molecule has 0 saturated heterocycles. The van der Waals surface area contributed by atoms with Crippen molar-refractivity contribution in [2.24, 2.45) is 5.41 Å². The molecular formula is C19H22O4. The fraction of sp³-hybridized carbons (Fsp3) is 0.316. The third-order valence-electron chi connectivity index (χ3n) is 4.23. The average Bonchev–Trinajstić information content (AvgIpc) is 2.47. The molecule has 4 nitrogen and oxygen atoms in total. The predicted molar refractivity (Wildman–Crippen MR) is 88.8 cm³/mol. The molecule has 0 aliphatic rings. The number of hydrogen-bond acceptors (Lipinski definition) is 3. The molecule has 0 saturated carbocycles. The van der Waals surface area contributed by atoms with Crippen LogP contribution in [0.4, 0.5) is 0 Å². The van der Waals surface area contributed by atoms with Crippen LogP contribution >= 0.6 is 0 Å². The van der Waals surface area contributed by atoms with Crippen molar-refractivity contribution in [3.8, 4) is 11.5 Å². The molecule has 2 rings (SSSR count). The van der Waals surface area contributed by atoms with Gasteiger partial charge < -0.3 is 15.3 Å². The van der Waals surface area contributed by atoms with Crippen molar-refractivity contribution in [2.45, 2.75) is 33.6 Å². The van der Waals surface area contributed by atoms with Gasteiger partial charge in [-0.15, -0.1) is 0 Å². The van der Waals surface area contributed by atoms with Gasteiger partial charge in [0.2, 0.25) is 0 Å². The minimum Gasteiger partial charge on any atom is -0.508 e. The van der Waals surface area contributed by atoms with Crippen molar-refractivity contribution in [1.29, 1.82) is 0 Å². The number of phenols is 2. The van der Waals surface area contributed by atoms with Gasteiger partial charge in [0.25, 0.3) is 0 Å². The molecule has 0 amide bonds. The largest absolute Gasteiger partial charge is 0.508 e. The van der Waals surface area contributed by atoms with Crippen LogP contribution in [0.15, 0.2) is 36.4 Å². The highest BCUT2D eigenvalue weighted by Crippen LogP contribution is 2.31. The fourth-order valence-corrected chi connectivity index (χ4v) is 2.77. The van der Waals surface area contributed by atoms with Crippen LogP contribution in [0.1, 0.15) is 29.2 Å². The Morgan fingerprint density at radius 2 is 1.30 bits per heavy atom. The number of phenolic OH excluding ortho intramolecular Hbond substituents is 2. The number of carbonyl (C=O) groups is 1. The quantitative estimate of drug-likeness (QED) is 0.788. The molecule has 3 N–H and O–H groups in total. The van der Waals surface area contributed by atoms with Gasteiger partial charge in [0, 0.05) is 0 Å². The van der Waals surface area contributed by atoms with Crippen LogP contribution in [-0.2, 0) is 17.6 Å². The van der Waals surface area contributed by atoms with Crippen molar-refractivity contribution in [3.63, 3.8) is 0 Å². The van der Waals surface area contributed by atoms with Gasteiger partial charge in [-0.1, -0.05) is 24.3 Å². The Labute approximate surface area is 136 Å². The summed E-state index contributed by atoms with van der Waals surface area (Å²) in [6.07, 6.45) is 0.729. The zero-order chi connectivity index (χ0) is 17.2. The number of carboxylic acids is 1. The highest BCUT2D eigenvalue weighted by molar-refractivity contribution is 5.75. The van der Waals surface area contributed by atoms with E-state index in [0.717, 1.165) is 22.3 Å². The average molecular weight is 314 g/mol. The van der Waals surface area contributed by atoms with Crippen molar-refractivity contribution in [3.05, 3.63) is 58.7 Å². The predicted octanol–water partition coefficient (Wildman–Crippen LogP) is 3.59. The number of aromatic hydroxyl groups is 2. The van der Waals surface area contributed by atoms with E-state index in [9.17, 15) is 20.1 Å². The molecule has 0 heterocycles. The van der Waals surface area contributed by atoms with Crippen LogP contribution in [-0.4, -0.2) is 21.3 Å². The first kappa shape index (κ1) is 16.9. The van der Waals surface area contributed by atoms with Crippen LogP contribution in [0, 0.1) is 19.3 Å². The normalized spacial score (nSPS) is 11.4.